The van der Waals surface area contributed by atoms with Crippen LogP contribution in [0, 0.1) is 0 Å². The molecule has 100 valence electrons. The van der Waals surface area contributed by atoms with Crippen molar-refractivity contribution in [2.45, 2.75) is 12.8 Å². The first-order chi connectivity index (χ1) is 8.07. The van der Waals surface area contributed by atoms with E-state index in [-0.39, 0.29) is 37.7 Å². The summed E-state index contributed by atoms with van der Waals surface area (Å²) in [6, 6.07) is 0. The minimum Gasteiger partial charge on any atom is -0.550 e. The maximum absolute atomic E-state index is 9.93. The molecule has 0 aliphatic rings. The average molecular weight is 302 g/mol. The van der Waals surface area contributed by atoms with Gasteiger partial charge in [0.15, 0.2) is 0 Å². The van der Waals surface area contributed by atoms with Crippen LogP contribution in [0.2, 0.25) is 0 Å². The molecule has 0 unspecified atom stereocenters. The largest absolute Gasteiger partial charge is 2.00 e. The average Bonchev–Trinajstić information content (AvgIpc) is 2.16. The van der Waals surface area contributed by atoms with Gasteiger partial charge in [0.2, 0.25) is 11.6 Å². The number of carboxylic acids is 4. The molecule has 0 fully saturated rings. The van der Waals surface area contributed by atoms with Gasteiger partial charge >= 0.3 is 49.7 Å². The summed E-state index contributed by atoms with van der Waals surface area (Å²) in [7, 11) is 0. The third-order valence-corrected chi connectivity index (χ3v) is 1.09. The number of aliphatic carboxylic acids is 4. The van der Waals surface area contributed by atoms with E-state index in [1.807, 2.05) is 0 Å². The Morgan fingerprint density at radius 2 is 0.895 bits per heavy atom. The quantitative estimate of drug-likeness (QED) is 0.273. The minimum absolute atomic E-state index is 0. The van der Waals surface area contributed by atoms with E-state index in [0.717, 1.165) is 0 Å². The van der Waals surface area contributed by atoms with Crippen LogP contribution in [-0.2, 0) is 28.8 Å². The summed E-state index contributed by atoms with van der Waals surface area (Å²) in [6.45, 7) is 0. The normalized spacial score (nSPS) is 8.00. The number of hydrogen-bond donors (Lipinski definition) is 2. The number of carboxylic acid groups (broad SMARTS) is 4. The van der Waals surface area contributed by atoms with Gasteiger partial charge in [0, 0.05) is 11.9 Å². The molecule has 0 atom stereocenters. The van der Waals surface area contributed by atoms with Gasteiger partial charge in [-0.2, -0.15) is 0 Å². The third kappa shape index (κ3) is 16.5. The molecule has 0 saturated carbocycles. The van der Waals surface area contributed by atoms with Gasteiger partial charge in [-0.05, 0) is 0 Å². The number of carbonyl (C=O) groups is 6. The summed E-state index contributed by atoms with van der Waals surface area (Å²) in [6.07, 6.45) is -2.12. The maximum atomic E-state index is 9.93. The van der Waals surface area contributed by atoms with Crippen molar-refractivity contribution < 1.29 is 49.2 Å². The van der Waals surface area contributed by atoms with Crippen LogP contribution in [-0.4, -0.2) is 83.4 Å². The van der Waals surface area contributed by atoms with Crippen LogP contribution < -0.4 is 10.2 Å². The first-order valence-electron chi connectivity index (χ1n) is 3.99. The van der Waals surface area contributed by atoms with E-state index < -0.39 is 48.3 Å². The van der Waals surface area contributed by atoms with Gasteiger partial charge in [0.05, 0.1) is 12.8 Å². The number of Topliss-reactive ketones (excluding diaryl/α,β-unsaturated/α-hetero) is 2. The van der Waals surface area contributed by atoms with E-state index in [1.54, 1.807) is 0 Å². The van der Waals surface area contributed by atoms with Gasteiger partial charge in [0.25, 0.3) is 0 Å². The molecule has 0 aliphatic carbocycles. The molecule has 0 spiro atoms. The Hall–Kier alpha value is -1.52. The van der Waals surface area contributed by atoms with Crippen LogP contribution in [0.5, 0.6) is 0 Å². The van der Waals surface area contributed by atoms with Crippen LogP contribution in [0.1, 0.15) is 12.8 Å². The first-order valence-corrected chi connectivity index (χ1v) is 3.99. The standard InChI is InChI=1S/2C4H4O5.Ca/c2*5-2(4(8)9)1-3(6)7;/h2*1H2,(H,6,7)(H,8,9);/q;;+2/p-2. The fraction of sp³-hybridized carbons (Fsp3) is 0.250. The molecule has 19 heavy (non-hydrogen) atoms. The van der Waals surface area contributed by atoms with E-state index in [1.165, 1.54) is 0 Å². The smallest absolute Gasteiger partial charge is 0.550 e. The molecule has 0 radical (unpaired) electrons. The van der Waals surface area contributed by atoms with Gasteiger partial charge in [-0.1, -0.05) is 0 Å². The summed E-state index contributed by atoms with van der Waals surface area (Å²) in [5, 5.41) is 34.6. The fourth-order valence-electron chi connectivity index (χ4n) is 0.413. The van der Waals surface area contributed by atoms with Gasteiger partial charge in [-0.25, -0.2) is 9.59 Å². The molecule has 0 amide bonds. The molecule has 0 bridgehead atoms. The van der Waals surface area contributed by atoms with Gasteiger partial charge in [0.1, 0.15) is 0 Å². The summed E-state index contributed by atoms with van der Waals surface area (Å²) < 4.78 is 0. The number of rotatable bonds is 6. The summed E-state index contributed by atoms with van der Waals surface area (Å²) in [4.78, 5) is 58.1. The van der Waals surface area contributed by atoms with Gasteiger partial charge < -0.3 is 30.0 Å². The van der Waals surface area contributed by atoms with Gasteiger partial charge in [-0.3, -0.25) is 9.59 Å². The summed E-state index contributed by atoms with van der Waals surface area (Å²) in [5.74, 6) is -9.59. The number of carbonyl (C=O) groups excluding carboxylic acids is 4. The number of ketones is 2. The van der Waals surface area contributed by atoms with E-state index in [9.17, 15) is 39.0 Å². The monoisotopic (exact) mass is 302 g/mol. The Bertz CT molecular complexity index is 360. The third-order valence-electron chi connectivity index (χ3n) is 1.09. The summed E-state index contributed by atoms with van der Waals surface area (Å²) >= 11 is 0. The molecule has 0 saturated heterocycles. The molecule has 11 heteroatoms. The van der Waals surface area contributed by atoms with Crippen LogP contribution in [0.4, 0.5) is 0 Å². The zero-order chi connectivity index (χ0) is 14.9. The van der Waals surface area contributed by atoms with E-state index in [0.29, 0.717) is 0 Å². The topological polar surface area (TPSA) is 189 Å². The molecular formula is C8H6CaO10. The summed E-state index contributed by atoms with van der Waals surface area (Å²) in [5.41, 5.74) is 0. The van der Waals surface area contributed by atoms with Crippen LogP contribution in [0.15, 0.2) is 0 Å². The second kappa shape index (κ2) is 11.6. The van der Waals surface area contributed by atoms with Crippen LogP contribution >= 0.6 is 0 Å². The van der Waals surface area contributed by atoms with Crippen LogP contribution in [0.25, 0.3) is 0 Å². The molecule has 10 nitrogen and oxygen atoms in total. The van der Waals surface area contributed by atoms with Gasteiger partial charge in [-0.15, -0.1) is 0 Å². The molecule has 0 aromatic carbocycles. The molecule has 0 rings (SSSR count). The predicted octanol–water partition coefficient (Wildman–Crippen LogP) is -4.82. The molecule has 0 aliphatic heterocycles. The number of hydrogen-bond acceptors (Lipinski definition) is 8. The fourth-order valence-corrected chi connectivity index (χ4v) is 0.413. The van der Waals surface area contributed by atoms with Crippen molar-refractivity contribution in [1.29, 1.82) is 0 Å². The predicted molar refractivity (Wildman–Crippen MR) is 50.3 cm³/mol. The Morgan fingerprint density at radius 1 is 0.684 bits per heavy atom. The molecule has 2 N–H and O–H groups in total. The maximum Gasteiger partial charge on any atom is 2.00 e. The SMILES string of the molecule is O=C([O-])CC(=O)C(=O)O.O=C([O-])CC(=O)C(=O)O.[Ca+2]. The van der Waals surface area contributed by atoms with Crippen molar-refractivity contribution in [3.05, 3.63) is 0 Å². The molecular weight excluding hydrogens is 296 g/mol. The van der Waals surface area contributed by atoms with Crippen LogP contribution in [0.3, 0.4) is 0 Å². The zero-order valence-electron chi connectivity index (χ0n) is 9.28. The Morgan fingerprint density at radius 3 is 0.947 bits per heavy atom. The Labute approximate surface area is 135 Å². The molecule has 0 aromatic rings. The van der Waals surface area contributed by atoms with Crippen molar-refractivity contribution in [1.82, 2.24) is 0 Å². The van der Waals surface area contributed by atoms with Crippen molar-refractivity contribution in [3.63, 3.8) is 0 Å². The van der Waals surface area contributed by atoms with E-state index >= 15 is 0 Å². The molecule has 0 aromatic heterocycles. The molecule has 0 heterocycles. The van der Waals surface area contributed by atoms with E-state index in [4.69, 9.17) is 10.2 Å². The van der Waals surface area contributed by atoms with Crippen molar-refractivity contribution in [2.24, 2.45) is 0 Å². The van der Waals surface area contributed by atoms with Crippen molar-refractivity contribution >= 4 is 73.2 Å². The van der Waals surface area contributed by atoms with E-state index in [2.05, 4.69) is 0 Å². The first kappa shape index (κ1) is 22.6. The second-order valence-electron chi connectivity index (χ2n) is 2.55. The second-order valence-corrected chi connectivity index (χ2v) is 2.55. The Balaban J connectivity index is -0.000000256. The minimum atomic E-state index is -1.75. The zero-order valence-corrected chi connectivity index (χ0v) is 11.5. The van der Waals surface area contributed by atoms with Crippen molar-refractivity contribution in [3.8, 4) is 0 Å². The van der Waals surface area contributed by atoms with Crippen molar-refractivity contribution in [2.75, 3.05) is 0 Å². The Kier molecular flexibility index (Phi) is 13.8.